The van der Waals surface area contributed by atoms with Gasteiger partial charge in [-0.2, -0.15) is 5.10 Å². The summed E-state index contributed by atoms with van der Waals surface area (Å²) in [6.45, 7) is 4.45. The van der Waals surface area contributed by atoms with E-state index in [-0.39, 0.29) is 5.91 Å². The van der Waals surface area contributed by atoms with Crippen LogP contribution in [0.3, 0.4) is 0 Å². The first-order valence-corrected chi connectivity index (χ1v) is 6.56. The second-order valence-corrected chi connectivity index (χ2v) is 5.06. The zero-order chi connectivity index (χ0) is 14.7. The van der Waals surface area contributed by atoms with Gasteiger partial charge in [0.05, 0.1) is 12.6 Å². The fraction of sp³-hybridized carbons (Fsp3) is 0.333. The van der Waals surface area contributed by atoms with Gasteiger partial charge in [0.25, 0.3) is 0 Å². The minimum Gasteiger partial charge on any atom is -0.384 e. The summed E-state index contributed by atoms with van der Waals surface area (Å²) in [5.74, 6) is 0.569. The Morgan fingerprint density at radius 1 is 1.35 bits per heavy atom. The molecule has 0 bridgehead atoms. The second-order valence-electron chi connectivity index (χ2n) is 5.06. The lowest BCUT2D eigenvalue weighted by Crippen LogP contribution is -2.25. The summed E-state index contributed by atoms with van der Waals surface area (Å²) < 4.78 is 1.59. The molecule has 1 heterocycles. The molecule has 0 atom stereocenters. The van der Waals surface area contributed by atoms with Crippen LogP contribution < -0.4 is 11.1 Å². The summed E-state index contributed by atoms with van der Waals surface area (Å²) in [7, 11) is 1.77. The first-order chi connectivity index (χ1) is 9.47. The van der Waals surface area contributed by atoms with E-state index in [2.05, 4.69) is 10.4 Å². The van der Waals surface area contributed by atoms with Gasteiger partial charge in [0.2, 0.25) is 5.91 Å². The Labute approximate surface area is 118 Å². The van der Waals surface area contributed by atoms with E-state index in [1.165, 1.54) is 0 Å². The minimum atomic E-state index is -0.0121. The molecule has 0 unspecified atom stereocenters. The van der Waals surface area contributed by atoms with E-state index >= 15 is 0 Å². The van der Waals surface area contributed by atoms with Crippen LogP contribution in [0, 0.1) is 13.8 Å². The predicted molar refractivity (Wildman–Crippen MR) is 79.1 cm³/mol. The molecule has 1 aromatic heterocycles. The van der Waals surface area contributed by atoms with Crippen molar-refractivity contribution >= 4 is 11.7 Å². The maximum Gasteiger partial charge on any atom is 0.224 e. The van der Waals surface area contributed by atoms with E-state index in [1.807, 2.05) is 32.0 Å². The van der Waals surface area contributed by atoms with Gasteiger partial charge in [-0.3, -0.25) is 9.48 Å². The first-order valence-electron chi connectivity index (χ1n) is 6.56. The van der Waals surface area contributed by atoms with Crippen LogP contribution in [0.1, 0.15) is 22.3 Å². The third kappa shape index (κ3) is 3.17. The van der Waals surface area contributed by atoms with Gasteiger partial charge >= 0.3 is 0 Å². The molecule has 5 nitrogen and oxygen atoms in total. The number of amides is 1. The molecule has 0 fully saturated rings. The molecule has 0 spiro atoms. The number of carbonyl (C=O) groups excluding carboxylic acids is 1. The third-order valence-corrected chi connectivity index (χ3v) is 3.40. The monoisotopic (exact) mass is 272 g/mol. The maximum atomic E-state index is 12.0. The Kier molecular flexibility index (Phi) is 4.08. The Bertz CT molecular complexity index is 631. The van der Waals surface area contributed by atoms with E-state index in [1.54, 1.807) is 17.9 Å². The van der Waals surface area contributed by atoms with Gasteiger partial charge in [0.1, 0.15) is 5.82 Å². The molecule has 0 aliphatic carbocycles. The van der Waals surface area contributed by atoms with Crippen molar-refractivity contribution in [2.24, 2.45) is 7.05 Å². The predicted octanol–water partition coefficient (Wildman–Crippen LogP) is 1.48. The number of hydrogen-bond acceptors (Lipinski definition) is 3. The van der Waals surface area contributed by atoms with E-state index in [4.69, 9.17) is 5.73 Å². The zero-order valence-corrected chi connectivity index (χ0v) is 12.1. The summed E-state index contributed by atoms with van der Waals surface area (Å²) in [5.41, 5.74) is 10.0. The van der Waals surface area contributed by atoms with Gasteiger partial charge < -0.3 is 11.1 Å². The fourth-order valence-corrected chi connectivity index (χ4v) is 2.05. The number of benzene rings is 1. The average molecular weight is 272 g/mol. The van der Waals surface area contributed by atoms with Crippen LogP contribution in [0.5, 0.6) is 0 Å². The van der Waals surface area contributed by atoms with E-state index in [9.17, 15) is 4.79 Å². The molecule has 2 rings (SSSR count). The van der Waals surface area contributed by atoms with Crippen molar-refractivity contribution in [3.63, 3.8) is 0 Å². The van der Waals surface area contributed by atoms with Crippen LogP contribution in [0.25, 0.3) is 0 Å². The standard InChI is InChI=1S/C15H20N4O/c1-10-4-5-11(2)12(6-10)7-14(20)17-8-13-9-18-19(3)15(13)16/h4-6,9H,7-8,16H2,1-3H3,(H,17,20). The van der Waals surface area contributed by atoms with Crippen molar-refractivity contribution in [1.82, 2.24) is 15.1 Å². The minimum absolute atomic E-state index is 0.0121. The van der Waals surface area contributed by atoms with Crippen LogP contribution in [0.2, 0.25) is 0 Å². The van der Waals surface area contributed by atoms with Crippen molar-refractivity contribution in [1.29, 1.82) is 0 Å². The van der Waals surface area contributed by atoms with Crippen molar-refractivity contribution in [3.8, 4) is 0 Å². The Morgan fingerprint density at radius 3 is 2.75 bits per heavy atom. The molecule has 20 heavy (non-hydrogen) atoms. The number of nitrogens with two attached hydrogens (primary N) is 1. The van der Waals surface area contributed by atoms with Gasteiger partial charge in [-0.15, -0.1) is 0 Å². The van der Waals surface area contributed by atoms with Gasteiger partial charge in [0, 0.05) is 19.2 Å². The summed E-state index contributed by atoms with van der Waals surface area (Å²) in [4.78, 5) is 12.0. The van der Waals surface area contributed by atoms with Crippen LogP contribution in [0.4, 0.5) is 5.82 Å². The number of hydrogen-bond donors (Lipinski definition) is 2. The largest absolute Gasteiger partial charge is 0.384 e. The Balaban J connectivity index is 1.96. The van der Waals surface area contributed by atoms with Crippen molar-refractivity contribution in [2.75, 3.05) is 5.73 Å². The lowest BCUT2D eigenvalue weighted by atomic mass is 10.0. The molecule has 0 saturated heterocycles. The van der Waals surface area contributed by atoms with Gasteiger partial charge in [0.15, 0.2) is 0 Å². The Morgan fingerprint density at radius 2 is 2.10 bits per heavy atom. The molecule has 0 saturated carbocycles. The second kappa shape index (κ2) is 5.77. The topological polar surface area (TPSA) is 72.9 Å². The van der Waals surface area contributed by atoms with Crippen molar-refractivity contribution in [3.05, 3.63) is 46.6 Å². The molecule has 1 aromatic carbocycles. The molecule has 106 valence electrons. The van der Waals surface area contributed by atoms with Crippen molar-refractivity contribution in [2.45, 2.75) is 26.8 Å². The summed E-state index contributed by atoms with van der Waals surface area (Å²) in [6, 6.07) is 6.14. The lowest BCUT2D eigenvalue weighted by molar-refractivity contribution is -0.120. The number of carbonyl (C=O) groups is 1. The number of aryl methyl sites for hydroxylation is 3. The summed E-state index contributed by atoms with van der Waals surface area (Å²) >= 11 is 0. The number of rotatable bonds is 4. The molecule has 0 aliphatic heterocycles. The normalized spacial score (nSPS) is 10.6. The number of aromatic nitrogens is 2. The molecule has 2 aromatic rings. The SMILES string of the molecule is Cc1ccc(C)c(CC(=O)NCc2cnn(C)c2N)c1. The number of nitrogens with one attached hydrogen (secondary N) is 1. The summed E-state index contributed by atoms with van der Waals surface area (Å²) in [5, 5.41) is 6.92. The van der Waals surface area contributed by atoms with Crippen LogP contribution in [0.15, 0.2) is 24.4 Å². The first kappa shape index (κ1) is 14.1. The van der Waals surface area contributed by atoms with Crippen molar-refractivity contribution < 1.29 is 4.79 Å². The molecule has 0 aliphatic rings. The van der Waals surface area contributed by atoms with Gasteiger partial charge in [-0.1, -0.05) is 23.8 Å². The zero-order valence-electron chi connectivity index (χ0n) is 12.1. The number of nitrogens with zero attached hydrogens (tertiary/aromatic N) is 2. The molecule has 3 N–H and O–H groups in total. The molecule has 0 radical (unpaired) electrons. The van der Waals surface area contributed by atoms with Crippen LogP contribution >= 0.6 is 0 Å². The highest BCUT2D eigenvalue weighted by molar-refractivity contribution is 5.79. The molecular weight excluding hydrogens is 252 g/mol. The highest BCUT2D eigenvalue weighted by Crippen LogP contribution is 2.12. The Hall–Kier alpha value is -2.30. The van der Waals surface area contributed by atoms with Gasteiger partial charge in [-0.25, -0.2) is 0 Å². The lowest BCUT2D eigenvalue weighted by Gasteiger charge is -2.08. The maximum absolute atomic E-state index is 12.0. The van der Waals surface area contributed by atoms with Gasteiger partial charge in [-0.05, 0) is 25.0 Å². The average Bonchev–Trinajstić information content (AvgIpc) is 2.72. The van der Waals surface area contributed by atoms with Crippen LogP contribution in [-0.4, -0.2) is 15.7 Å². The number of nitrogen functional groups attached to an aromatic ring is 1. The smallest absolute Gasteiger partial charge is 0.224 e. The highest BCUT2D eigenvalue weighted by Gasteiger charge is 2.09. The van der Waals surface area contributed by atoms with E-state index < -0.39 is 0 Å². The highest BCUT2D eigenvalue weighted by atomic mass is 16.1. The van der Waals surface area contributed by atoms with Crippen LogP contribution in [-0.2, 0) is 24.8 Å². The van der Waals surface area contributed by atoms with E-state index in [0.29, 0.717) is 18.8 Å². The van der Waals surface area contributed by atoms with E-state index in [0.717, 1.165) is 22.3 Å². The fourth-order valence-electron chi connectivity index (χ4n) is 2.05. The third-order valence-electron chi connectivity index (χ3n) is 3.40. The molecule has 1 amide bonds. The molecule has 5 heteroatoms. The molecular formula is C15H20N4O. The quantitative estimate of drug-likeness (QED) is 0.885. The number of anilines is 1. The summed E-state index contributed by atoms with van der Waals surface area (Å²) in [6.07, 6.45) is 2.06.